The summed E-state index contributed by atoms with van der Waals surface area (Å²) in [6.45, 7) is 2.08. The average Bonchev–Trinajstić information content (AvgIpc) is 3.02. The molecule has 19 heavy (non-hydrogen) atoms. The summed E-state index contributed by atoms with van der Waals surface area (Å²) in [5.74, 6) is 0.889. The average molecular weight is 247 g/mol. The van der Waals surface area contributed by atoms with Crippen LogP contribution in [-0.2, 0) is 0 Å². The van der Waals surface area contributed by atoms with Gasteiger partial charge in [0, 0.05) is 10.9 Å². The number of nitrogens with zero attached hydrogens (tertiary/aromatic N) is 1. The number of aromatic amines is 2. The number of fused-ring (bicyclic) bond motifs is 2. The van der Waals surface area contributed by atoms with Gasteiger partial charge in [-0.05, 0) is 30.7 Å². The van der Waals surface area contributed by atoms with Crippen LogP contribution >= 0.6 is 0 Å². The maximum absolute atomic E-state index is 4.69. The van der Waals surface area contributed by atoms with Gasteiger partial charge >= 0.3 is 0 Å². The Bertz CT molecular complexity index is 850. The van der Waals surface area contributed by atoms with Crippen LogP contribution in [0.1, 0.15) is 5.56 Å². The molecule has 0 spiro atoms. The zero-order valence-electron chi connectivity index (χ0n) is 10.6. The first kappa shape index (κ1) is 10.4. The highest BCUT2D eigenvalue weighted by Gasteiger charge is 2.09. The third kappa shape index (κ3) is 1.55. The molecule has 2 aromatic heterocycles. The predicted octanol–water partition coefficient (Wildman–Crippen LogP) is 4.02. The highest BCUT2D eigenvalue weighted by Crippen LogP contribution is 2.25. The first-order valence-corrected chi connectivity index (χ1v) is 6.35. The smallest absolute Gasteiger partial charge is 0.155 e. The van der Waals surface area contributed by atoms with E-state index in [9.17, 15) is 0 Å². The summed E-state index contributed by atoms with van der Waals surface area (Å²) in [6, 6.07) is 16.6. The molecule has 0 fully saturated rings. The highest BCUT2D eigenvalue weighted by molar-refractivity contribution is 5.87. The minimum absolute atomic E-state index is 0.889. The number of rotatable bonds is 1. The molecule has 2 heterocycles. The van der Waals surface area contributed by atoms with Gasteiger partial charge in [0.1, 0.15) is 0 Å². The molecule has 0 saturated heterocycles. The molecule has 0 saturated carbocycles. The van der Waals surface area contributed by atoms with Gasteiger partial charge in [-0.3, -0.25) is 0 Å². The molecule has 92 valence electrons. The molecule has 2 N–H and O–H groups in total. The van der Waals surface area contributed by atoms with Crippen LogP contribution in [0.4, 0.5) is 0 Å². The lowest BCUT2D eigenvalue weighted by atomic mass is 10.2. The molecule has 0 atom stereocenters. The topological polar surface area (TPSA) is 44.5 Å². The second-order valence-corrected chi connectivity index (χ2v) is 4.83. The van der Waals surface area contributed by atoms with E-state index < -0.39 is 0 Å². The van der Waals surface area contributed by atoms with Gasteiger partial charge in [0.2, 0.25) is 0 Å². The number of para-hydroxylation sites is 2. The summed E-state index contributed by atoms with van der Waals surface area (Å²) >= 11 is 0. The monoisotopic (exact) mass is 247 g/mol. The number of H-pyrrole nitrogens is 2. The molecule has 0 unspecified atom stereocenters. The second kappa shape index (κ2) is 3.72. The number of imidazole rings is 1. The van der Waals surface area contributed by atoms with Gasteiger partial charge in [-0.25, -0.2) is 4.98 Å². The molecule has 0 aliphatic heterocycles. The Kier molecular flexibility index (Phi) is 2.03. The summed E-state index contributed by atoms with van der Waals surface area (Å²) in [7, 11) is 0. The summed E-state index contributed by atoms with van der Waals surface area (Å²) in [6.07, 6.45) is 0. The van der Waals surface area contributed by atoms with Crippen molar-refractivity contribution >= 4 is 21.9 Å². The molecule has 4 rings (SSSR count). The molecule has 2 aromatic carbocycles. The number of benzene rings is 2. The van der Waals surface area contributed by atoms with Crippen molar-refractivity contribution < 1.29 is 0 Å². The van der Waals surface area contributed by atoms with E-state index in [-0.39, 0.29) is 0 Å². The summed E-state index contributed by atoms with van der Waals surface area (Å²) in [5.41, 5.74) is 5.47. The molecular weight excluding hydrogens is 234 g/mol. The van der Waals surface area contributed by atoms with Crippen molar-refractivity contribution in [1.29, 1.82) is 0 Å². The highest BCUT2D eigenvalue weighted by atomic mass is 15.0. The first-order valence-electron chi connectivity index (χ1n) is 6.35. The van der Waals surface area contributed by atoms with E-state index in [2.05, 4.69) is 47.2 Å². The van der Waals surface area contributed by atoms with Crippen LogP contribution in [0.15, 0.2) is 48.5 Å². The van der Waals surface area contributed by atoms with Crippen molar-refractivity contribution in [3.05, 3.63) is 54.1 Å². The standard InChI is InChI=1S/C16H13N3/c1-10-5-4-8-13-15(10)19-16(18-13)14-9-11-6-2-3-7-12(11)17-14/h2-9,17H,1H3,(H,18,19). The van der Waals surface area contributed by atoms with Crippen LogP contribution in [0.25, 0.3) is 33.5 Å². The van der Waals surface area contributed by atoms with Crippen molar-refractivity contribution in [2.45, 2.75) is 6.92 Å². The van der Waals surface area contributed by atoms with Gasteiger partial charge in [0.15, 0.2) is 5.82 Å². The number of aryl methyl sites for hydroxylation is 1. The molecular formula is C16H13N3. The Morgan fingerprint density at radius 3 is 2.58 bits per heavy atom. The van der Waals surface area contributed by atoms with Gasteiger partial charge in [-0.1, -0.05) is 30.3 Å². The summed E-state index contributed by atoms with van der Waals surface area (Å²) in [4.78, 5) is 11.5. The molecule has 3 nitrogen and oxygen atoms in total. The zero-order valence-corrected chi connectivity index (χ0v) is 10.6. The summed E-state index contributed by atoms with van der Waals surface area (Å²) in [5, 5.41) is 1.20. The fourth-order valence-corrected chi connectivity index (χ4v) is 2.50. The summed E-state index contributed by atoms with van der Waals surface area (Å²) < 4.78 is 0. The number of hydrogen-bond acceptors (Lipinski definition) is 1. The van der Waals surface area contributed by atoms with Crippen LogP contribution < -0.4 is 0 Å². The molecule has 0 aliphatic carbocycles. The molecule has 0 radical (unpaired) electrons. The van der Waals surface area contributed by atoms with Crippen LogP contribution in [0.3, 0.4) is 0 Å². The van der Waals surface area contributed by atoms with Crippen LogP contribution in [-0.4, -0.2) is 15.0 Å². The van der Waals surface area contributed by atoms with Crippen molar-refractivity contribution in [2.75, 3.05) is 0 Å². The predicted molar refractivity (Wildman–Crippen MR) is 78.1 cm³/mol. The van der Waals surface area contributed by atoms with Gasteiger partial charge in [-0.2, -0.15) is 0 Å². The van der Waals surface area contributed by atoms with Gasteiger partial charge in [0.05, 0.1) is 16.7 Å². The minimum atomic E-state index is 0.889. The van der Waals surface area contributed by atoms with E-state index in [1.54, 1.807) is 0 Å². The molecule has 0 bridgehead atoms. The minimum Gasteiger partial charge on any atom is -0.352 e. The third-order valence-corrected chi connectivity index (χ3v) is 3.50. The van der Waals surface area contributed by atoms with Crippen LogP contribution in [0, 0.1) is 6.92 Å². The fourth-order valence-electron chi connectivity index (χ4n) is 2.50. The maximum Gasteiger partial charge on any atom is 0.155 e. The van der Waals surface area contributed by atoms with Crippen molar-refractivity contribution in [2.24, 2.45) is 0 Å². The van der Waals surface area contributed by atoms with E-state index in [1.165, 1.54) is 10.9 Å². The largest absolute Gasteiger partial charge is 0.352 e. The lowest BCUT2D eigenvalue weighted by molar-refractivity contribution is 1.28. The normalized spacial score (nSPS) is 11.4. The number of aromatic nitrogens is 3. The van der Waals surface area contributed by atoms with Gasteiger partial charge in [-0.15, -0.1) is 0 Å². The fraction of sp³-hybridized carbons (Fsp3) is 0.0625. The Hall–Kier alpha value is -2.55. The van der Waals surface area contributed by atoms with Gasteiger partial charge in [0.25, 0.3) is 0 Å². The van der Waals surface area contributed by atoms with Crippen molar-refractivity contribution in [1.82, 2.24) is 15.0 Å². The Balaban J connectivity index is 1.96. The van der Waals surface area contributed by atoms with E-state index in [0.29, 0.717) is 0 Å². The van der Waals surface area contributed by atoms with E-state index in [0.717, 1.165) is 28.1 Å². The molecule has 0 amide bonds. The van der Waals surface area contributed by atoms with Crippen molar-refractivity contribution in [3.63, 3.8) is 0 Å². The van der Waals surface area contributed by atoms with Crippen LogP contribution in [0.5, 0.6) is 0 Å². The van der Waals surface area contributed by atoms with E-state index in [1.807, 2.05) is 18.2 Å². The Labute approximate surface area is 110 Å². The molecule has 4 aromatic rings. The molecule has 3 heteroatoms. The van der Waals surface area contributed by atoms with E-state index in [4.69, 9.17) is 4.98 Å². The SMILES string of the molecule is Cc1cccc2[nH]c(-c3cc4ccccc4[nH]3)nc12. The van der Waals surface area contributed by atoms with E-state index >= 15 is 0 Å². The lowest BCUT2D eigenvalue weighted by Gasteiger charge is -1.90. The maximum atomic E-state index is 4.69. The quantitative estimate of drug-likeness (QED) is 0.524. The number of hydrogen-bond donors (Lipinski definition) is 2. The van der Waals surface area contributed by atoms with Crippen molar-refractivity contribution in [3.8, 4) is 11.5 Å². The van der Waals surface area contributed by atoms with Crippen LogP contribution in [0.2, 0.25) is 0 Å². The zero-order chi connectivity index (χ0) is 12.8. The first-order chi connectivity index (χ1) is 9.31. The van der Waals surface area contributed by atoms with Gasteiger partial charge < -0.3 is 9.97 Å². The second-order valence-electron chi connectivity index (χ2n) is 4.83. The third-order valence-electron chi connectivity index (χ3n) is 3.50. The molecule has 0 aliphatic rings. The number of nitrogens with one attached hydrogen (secondary N) is 2. The lowest BCUT2D eigenvalue weighted by Crippen LogP contribution is -1.79. The Morgan fingerprint density at radius 1 is 0.895 bits per heavy atom. The Morgan fingerprint density at radius 2 is 1.74 bits per heavy atom.